The van der Waals surface area contributed by atoms with Gasteiger partial charge in [-0.2, -0.15) is 0 Å². The third-order valence-corrected chi connectivity index (χ3v) is 2.97. The van der Waals surface area contributed by atoms with Gasteiger partial charge in [-0.25, -0.2) is 9.97 Å². The Hall–Kier alpha value is -2.16. The number of nitrogens with one attached hydrogen (secondary N) is 1. The van der Waals surface area contributed by atoms with E-state index in [9.17, 15) is 0 Å². The standard InChI is InChI=1S/C14H13N3/c1-2-12-13-11(10-6-4-3-5-7-10)8-15-14(13)17-9-16-12/h3-9H,2H2,1H3,(H,15,16,17). The Bertz CT molecular complexity index is 641. The summed E-state index contributed by atoms with van der Waals surface area (Å²) >= 11 is 0. The van der Waals surface area contributed by atoms with Crippen molar-refractivity contribution in [1.82, 2.24) is 15.0 Å². The van der Waals surface area contributed by atoms with Crippen LogP contribution in [0.1, 0.15) is 12.6 Å². The third-order valence-electron chi connectivity index (χ3n) is 2.97. The van der Waals surface area contributed by atoms with Crippen molar-refractivity contribution in [2.75, 3.05) is 0 Å². The van der Waals surface area contributed by atoms with Crippen LogP contribution in [0.3, 0.4) is 0 Å². The molecule has 0 aliphatic carbocycles. The number of aromatic amines is 1. The molecule has 1 aromatic carbocycles. The van der Waals surface area contributed by atoms with Gasteiger partial charge in [0.15, 0.2) is 0 Å². The van der Waals surface area contributed by atoms with Crippen molar-refractivity contribution in [3.63, 3.8) is 0 Å². The van der Waals surface area contributed by atoms with Crippen LogP contribution in [-0.2, 0) is 6.42 Å². The molecule has 0 aliphatic heterocycles. The number of aryl methyl sites for hydroxylation is 1. The second-order valence-electron chi connectivity index (χ2n) is 3.97. The van der Waals surface area contributed by atoms with Crippen LogP contribution in [0.15, 0.2) is 42.9 Å². The molecule has 0 spiro atoms. The quantitative estimate of drug-likeness (QED) is 0.725. The summed E-state index contributed by atoms with van der Waals surface area (Å²) in [6.45, 7) is 2.11. The van der Waals surface area contributed by atoms with E-state index in [1.54, 1.807) is 6.33 Å². The summed E-state index contributed by atoms with van der Waals surface area (Å²) in [7, 11) is 0. The highest BCUT2D eigenvalue weighted by Gasteiger charge is 2.10. The molecule has 3 nitrogen and oxygen atoms in total. The van der Waals surface area contributed by atoms with E-state index in [0.29, 0.717) is 0 Å². The average Bonchev–Trinajstić information content (AvgIpc) is 2.83. The average molecular weight is 223 g/mol. The number of rotatable bonds is 2. The molecular formula is C14H13N3. The monoisotopic (exact) mass is 223 g/mol. The fraction of sp³-hybridized carbons (Fsp3) is 0.143. The predicted octanol–water partition coefficient (Wildman–Crippen LogP) is 3.19. The first kappa shape index (κ1) is 10.0. The number of hydrogen-bond donors (Lipinski definition) is 1. The zero-order chi connectivity index (χ0) is 11.7. The van der Waals surface area contributed by atoms with Gasteiger partial charge in [-0.15, -0.1) is 0 Å². The van der Waals surface area contributed by atoms with E-state index < -0.39 is 0 Å². The molecule has 0 aliphatic rings. The van der Waals surface area contributed by atoms with E-state index in [1.165, 1.54) is 11.1 Å². The second kappa shape index (κ2) is 4.01. The zero-order valence-electron chi connectivity index (χ0n) is 9.64. The molecule has 2 aromatic heterocycles. The van der Waals surface area contributed by atoms with Crippen LogP contribution >= 0.6 is 0 Å². The minimum atomic E-state index is 0.913. The molecule has 0 atom stereocenters. The van der Waals surface area contributed by atoms with Gasteiger partial charge in [-0.3, -0.25) is 0 Å². The van der Waals surface area contributed by atoms with Gasteiger partial charge in [-0.05, 0) is 12.0 Å². The number of hydrogen-bond acceptors (Lipinski definition) is 2. The Balaban J connectivity index is 2.31. The van der Waals surface area contributed by atoms with Gasteiger partial charge in [0, 0.05) is 17.1 Å². The van der Waals surface area contributed by atoms with Crippen molar-refractivity contribution >= 4 is 11.0 Å². The van der Waals surface area contributed by atoms with E-state index in [4.69, 9.17) is 0 Å². The molecule has 3 rings (SSSR count). The normalized spacial score (nSPS) is 10.9. The van der Waals surface area contributed by atoms with E-state index in [0.717, 1.165) is 23.1 Å². The Morgan fingerprint density at radius 2 is 1.94 bits per heavy atom. The Labute approximate surface area is 99.5 Å². The number of H-pyrrole nitrogens is 1. The van der Waals surface area contributed by atoms with Crippen LogP contribution in [0.4, 0.5) is 0 Å². The summed E-state index contributed by atoms with van der Waals surface area (Å²) in [5, 5.41) is 1.14. The summed E-state index contributed by atoms with van der Waals surface area (Å²) in [5.74, 6) is 0. The van der Waals surface area contributed by atoms with Crippen molar-refractivity contribution < 1.29 is 0 Å². The lowest BCUT2D eigenvalue weighted by atomic mass is 10.0. The summed E-state index contributed by atoms with van der Waals surface area (Å²) in [6, 6.07) is 10.3. The fourth-order valence-electron chi connectivity index (χ4n) is 2.14. The molecule has 2 heterocycles. The first-order valence-corrected chi connectivity index (χ1v) is 5.76. The van der Waals surface area contributed by atoms with Gasteiger partial charge in [0.05, 0.1) is 5.69 Å². The van der Waals surface area contributed by atoms with Crippen LogP contribution in [0, 0.1) is 0 Å². The third kappa shape index (κ3) is 1.60. The minimum Gasteiger partial charge on any atom is -0.345 e. The van der Waals surface area contributed by atoms with Crippen LogP contribution in [0.25, 0.3) is 22.2 Å². The van der Waals surface area contributed by atoms with Crippen molar-refractivity contribution in [2.45, 2.75) is 13.3 Å². The van der Waals surface area contributed by atoms with Crippen LogP contribution in [0.5, 0.6) is 0 Å². The number of fused-ring (bicyclic) bond motifs is 1. The maximum Gasteiger partial charge on any atom is 0.141 e. The molecule has 84 valence electrons. The van der Waals surface area contributed by atoms with Crippen LogP contribution < -0.4 is 0 Å². The highest BCUT2D eigenvalue weighted by atomic mass is 14.9. The largest absolute Gasteiger partial charge is 0.345 e. The molecular weight excluding hydrogens is 210 g/mol. The lowest BCUT2D eigenvalue weighted by Gasteiger charge is -2.02. The Kier molecular flexibility index (Phi) is 2.37. The molecule has 0 saturated heterocycles. The molecule has 3 heteroatoms. The summed E-state index contributed by atoms with van der Waals surface area (Å²) in [4.78, 5) is 11.8. The molecule has 0 fully saturated rings. The molecule has 0 radical (unpaired) electrons. The molecule has 17 heavy (non-hydrogen) atoms. The van der Waals surface area contributed by atoms with Gasteiger partial charge in [0.2, 0.25) is 0 Å². The fourth-order valence-corrected chi connectivity index (χ4v) is 2.14. The maximum absolute atomic E-state index is 4.35. The first-order chi connectivity index (χ1) is 8.40. The van der Waals surface area contributed by atoms with Crippen LogP contribution in [0.2, 0.25) is 0 Å². The maximum atomic E-state index is 4.35. The predicted molar refractivity (Wildman–Crippen MR) is 68.7 cm³/mol. The van der Waals surface area contributed by atoms with Gasteiger partial charge in [0.25, 0.3) is 0 Å². The zero-order valence-corrected chi connectivity index (χ0v) is 9.64. The lowest BCUT2D eigenvalue weighted by Crippen LogP contribution is -1.90. The first-order valence-electron chi connectivity index (χ1n) is 5.76. The topological polar surface area (TPSA) is 41.6 Å². The van der Waals surface area contributed by atoms with Crippen molar-refractivity contribution in [2.24, 2.45) is 0 Å². The number of benzene rings is 1. The highest BCUT2D eigenvalue weighted by Crippen LogP contribution is 2.29. The molecule has 3 aromatic rings. The smallest absolute Gasteiger partial charge is 0.141 e. The van der Waals surface area contributed by atoms with Gasteiger partial charge < -0.3 is 4.98 Å². The Morgan fingerprint density at radius 3 is 2.71 bits per heavy atom. The van der Waals surface area contributed by atoms with Crippen molar-refractivity contribution in [3.05, 3.63) is 48.5 Å². The van der Waals surface area contributed by atoms with E-state index in [-0.39, 0.29) is 0 Å². The van der Waals surface area contributed by atoms with Gasteiger partial charge in [0.1, 0.15) is 12.0 Å². The summed E-state index contributed by atoms with van der Waals surface area (Å²) < 4.78 is 0. The molecule has 0 amide bonds. The SMILES string of the molecule is CCc1ncnc2[nH]cc(-c3ccccc3)c12. The number of nitrogens with zero attached hydrogens (tertiary/aromatic N) is 2. The molecule has 0 saturated carbocycles. The van der Waals surface area contributed by atoms with E-state index in [2.05, 4.69) is 34.0 Å². The van der Waals surface area contributed by atoms with Crippen LogP contribution in [-0.4, -0.2) is 15.0 Å². The van der Waals surface area contributed by atoms with Gasteiger partial charge in [-0.1, -0.05) is 37.3 Å². The molecule has 0 unspecified atom stereocenters. The minimum absolute atomic E-state index is 0.913. The van der Waals surface area contributed by atoms with Gasteiger partial charge >= 0.3 is 0 Å². The summed E-state index contributed by atoms with van der Waals surface area (Å²) in [5.41, 5.74) is 4.38. The summed E-state index contributed by atoms with van der Waals surface area (Å²) in [6.07, 6.45) is 4.54. The molecule has 0 bridgehead atoms. The van der Waals surface area contributed by atoms with E-state index in [1.807, 2.05) is 24.4 Å². The van der Waals surface area contributed by atoms with Crippen molar-refractivity contribution in [1.29, 1.82) is 0 Å². The number of aromatic nitrogens is 3. The lowest BCUT2D eigenvalue weighted by molar-refractivity contribution is 1.03. The van der Waals surface area contributed by atoms with E-state index >= 15 is 0 Å². The second-order valence-corrected chi connectivity index (χ2v) is 3.97. The Morgan fingerprint density at radius 1 is 1.12 bits per heavy atom. The van der Waals surface area contributed by atoms with Crippen molar-refractivity contribution in [3.8, 4) is 11.1 Å². The highest BCUT2D eigenvalue weighted by molar-refractivity contribution is 5.95. The molecule has 1 N–H and O–H groups in total.